The standard InChI is InChI=1S/C7H12N3/c1-9-4-5-10-3-2-8-6-7(9)10/h4-5,8H,2-3,6H2,1H3/q+1. The van der Waals surface area contributed by atoms with Crippen LogP contribution in [-0.2, 0) is 20.1 Å². The normalized spacial score (nSPS) is 16.9. The van der Waals surface area contributed by atoms with Crippen molar-refractivity contribution < 1.29 is 4.57 Å². The predicted octanol–water partition coefficient (Wildman–Crippen LogP) is -0.584. The van der Waals surface area contributed by atoms with Gasteiger partial charge in [-0.3, -0.25) is 0 Å². The molecule has 1 aromatic rings. The molecule has 0 unspecified atom stereocenters. The van der Waals surface area contributed by atoms with Gasteiger partial charge in [0.15, 0.2) is 0 Å². The van der Waals surface area contributed by atoms with Gasteiger partial charge < -0.3 is 5.32 Å². The van der Waals surface area contributed by atoms with Gasteiger partial charge in [0, 0.05) is 6.54 Å². The Labute approximate surface area is 60.3 Å². The third-order valence-corrected chi connectivity index (χ3v) is 2.02. The maximum Gasteiger partial charge on any atom is 0.270 e. The molecule has 0 bridgehead atoms. The Kier molecular flexibility index (Phi) is 1.24. The van der Waals surface area contributed by atoms with Crippen LogP contribution in [0.15, 0.2) is 12.4 Å². The molecular formula is C7H12N3+. The second-order valence-electron chi connectivity index (χ2n) is 2.70. The van der Waals surface area contributed by atoms with E-state index >= 15 is 0 Å². The third kappa shape index (κ3) is 0.743. The molecule has 10 heavy (non-hydrogen) atoms. The zero-order valence-electron chi connectivity index (χ0n) is 6.17. The number of aryl methyl sites for hydroxylation is 1. The van der Waals surface area contributed by atoms with Crippen LogP contribution < -0.4 is 9.88 Å². The van der Waals surface area contributed by atoms with Crippen LogP contribution in [0.4, 0.5) is 0 Å². The van der Waals surface area contributed by atoms with E-state index in [2.05, 4.69) is 33.9 Å². The van der Waals surface area contributed by atoms with Crippen LogP contribution >= 0.6 is 0 Å². The molecule has 0 atom stereocenters. The highest BCUT2D eigenvalue weighted by Crippen LogP contribution is 1.97. The summed E-state index contributed by atoms with van der Waals surface area (Å²) in [5.74, 6) is 1.37. The van der Waals surface area contributed by atoms with Crippen LogP contribution in [0.3, 0.4) is 0 Å². The van der Waals surface area contributed by atoms with Gasteiger partial charge in [-0.15, -0.1) is 0 Å². The summed E-state index contributed by atoms with van der Waals surface area (Å²) in [5.41, 5.74) is 0. The largest absolute Gasteiger partial charge is 0.302 e. The molecule has 3 heteroatoms. The van der Waals surface area contributed by atoms with Gasteiger partial charge in [-0.25, -0.2) is 9.13 Å². The average molecular weight is 138 g/mol. The van der Waals surface area contributed by atoms with Crippen molar-refractivity contribution in [2.75, 3.05) is 6.54 Å². The van der Waals surface area contributed by atoms with E-state index in [4.69, 9.17) is 0 Å². The molecule has 1 aliphatic rings. The number of hydrogen-bond donors (Lipinski definition) is 1. The average Bonchev–Trinajstić information content (AvgIpc) is 2.34. The summed E-state index contributed by atoms with van der Waals surface area (Å²) in [4.78, 5) is 0. The van der Waals surface area contributed by atoms with Gasteiger partial charge in [-0.2, -0.15) is 0 Å². The van der Waals surface area contributed by atoms with Crippen LogP contribution in [0.5, 0.6) is 0 Å². The first kappa shape index (κ1) is 5.92. The quantitative estimate of drug-likeness (QED) is 0.475. The summed E-state index contributed by atoms with van der Waals surface area (Å²) in [6.07, 6.45) is 4.23. The molecule has 0 amide bonds. The maximum atomic E-state index is 3.33. The van der Waals surface area contributed by atoms with Gasteiger partial charge in [-0.05, 0) is 0 Å². The van der Waals surface area contributed by atoms with Crippen molar-refractivity contribution >= 4 is 0 Å². The monoisotopic (exact) mass is 138 g/mol. The molecule has 2 heterocycles. The van der Waals surface area contributed by atoms with Crippen LogP contribution in [-0.4, -0.2) is 11.1 Å². The molecule has 0 saturated carbocycles. The van der Waals surface area contributed by atoms with E-state index < -0.39 is 0 Å². The molecule has 1 aromatic heterocycles. The Morgan fingerprint density at radius 3 is 3.40 bits per heavy atom. The van der Waals surface area contributed by atoms with E-state index in [1.54, 1.807) is 0 Å². The zero-order valence-corrected chi connectivity index (χ0v) is 6.17. The minimum Gasteiger partial charge on any atom is -0.302 e. The maximum absolute atomic E-state index is 3.33. The van der Waals surface area contributed by atoms with Gasteiger partial charge in [0.2, 0.25) is 0 Å². The first-order valence-corrected chi connectivity index (χ1v) is 3.62. The predicted molar refractivity (Wildman–Crippen MR) is 37.3 cm³/mol. The highest BCUT2D eigenvalue weighted by molar-refractivity contribution is 4.86. The Hall–Kier alpha value is -0.830. The van der Waals surface area contributed by atoms with Crippen molar-refractivity contribution in [2.45, 2.75) is 13.1 Å². The summed E-state index contributed by atoms with van der Waals surface area (Å²) < 4.78 is 4.45. The highest BCUT2D eigenvalue weighted by Gasteiger charge is 2.16. The fourth-order valence-corrected chi connectivity index (χ4v) is 1.38. The van der Waals surface area contributed by atoms with Gasteiger partial charge in [-0.1, -0.05) is 0 Å². The highest BCUT2D eigenvalue weighted by atomic mass is 15.2. The molecule has 2 rings (SSSR count). The molecule has 1 aliphatic heterocycles. The van der Waals surface area contributed by atoms with Gasteiger partial charge in [0.25, 0.3) is 5.82 Å². The van der Waals surface area contributed by atoms with E-state index in [1.807, 2.05) is 0 Å². The van der Waals surface area contributed by atoms with Crippen molar-refractivity contribution in [2.24, 2.45) is 7.05 Å². The lowest BCUT2D eigenvalue weighted by Crippen LogP contribution is -2.39. The van der Waals surface area contributed by atoms with E-state index in [0.717, 1.165) is 19.6 Å². The Morgan fingerprint density at radius 2 is 2.60 bits per heavy atom. The molecular weight excluding hydrogens is 126 g/mol. The molecule has 0 fully saturated rings. The lowest BCUT2D eigenvalue weighted by molar-refractivity contribution is -0.679. The van der Waals surface area contributed by atoms with Gasteiger partial charge in [0.05, 0.1) is 13.6 Å². The van der Waals surface area contributed by atoms with E-state index in [0.29, 0.717) is 0 Å². The number of imidazole rings is 1. The lowest BCUT2D eigenvalue weighted by atomic mass is 10.4. The molecule has 0 saturated heterocycles. The Morgan fingerprint density at radius 1 is 1.70 bits per heavy atom. The molecule has 0 aliphatic carbocycles. The number of rotatable bonds is 0. The number of hydrogen-bond acceptors (Lipinski definition) is 1. The summed E-state index contributed by atoms with van der Waals surface area (Å²) in [6, 6.07) is 0. The fraction of sp³-hybridized carbons (Fsp3) is 0.571. The van der Waals surface area contributed by atoms with Crippen LogP contribution in [0, 0.1) is 0 Å². The van der Waals surface area contributed by atoms with Crippen molar-refractivity contribution in [1.82, 2.24) is 9.88 Å². The molecule has 3 nitrogen and oxygen atoms in total. The summed E-state index contributed by atoms with van der Waals surface area (Å²) in [5, 5.41) is 3.33. The van der Waals surface area contributed by atoms with Crippen molar-refractivity contribution in [3.05, 3.63) is 18.2 Å². The van der Waals surface area contributed by atoms with E-state index in [-0.39, 0.29) is 0 Å². The Balaban J connectivity index is 2.45. The molecule has 0 spiro atoms. The smallest absolute Gasteiger partial charge is 0.270 e. The topological polar surface area (TPSA) is 20.8 Å². The molecule has 1 N–H and O–H groups in total. The first-order valence-electron chi connectivity index (χ1n) is 3.62. The number of nitrogens with zero attached hydrogens (tertiary/aromatic N) is 2. The zero-order chi connectivity index (χ0) is 6.97. The van der Waals surface area contributed by atoms with Crippen molar-refractivity contribution in [1.29, 1.82) is 0 Å². The first-order chi connectivity index (χ1) is 4.88. The van der Waals surface area contributed by atoms with Gasteiger partial charge in [0.1, 0.15) is 18.9 Å². The lowest BCUT2D eigenvalue weighted by Gasteiger charge is -2.09. The second kappa shape index (κ2) is 2.09. The minimum absolute atomic E-state index is 1.00. The number of fused-ring (bicyclic) bond motifs is 1. The fourth-order valence-electron chi connectivity index (χ4n) is 1.38. The van der Waals surface area contributed by atoms with E-state index in [9.17, 15) is 0 Å². The number of nitrogens with one attached hydrogen (secondary N) is 1. The van der Waals surface area contributed by atoms with E-state index in [1.165, 1.54) is 5.82 Å². The SMILES string of the molecule is C[n+]1ccn2c1CNCC2. The minimum atomic E-state index is 1.00. The van der Waals surface area contributed by atoms with Crippen LogP contribution in [0.2, 0.25) is 0 Å². The summed E-state index contributed by atoms with van der Waals surface area (Å²) in [7, 11) is 2.08. The number of aromatic nitrogens is 2. The summed E-state index contributed by atoms with van der Waals surface area (Å²) in [6.45, 7) is 3.21. The van der Waals surface area contributed by atoms with Gasteiger partial charge >= 0.3 is 0 Å². The molecule has 54 valence electrons. The molecule has 0 radical (unpaired) electrons. The third-order valence-electron chi connectivity index (χ3n) is 2.02. The second-order valence-corrected chi connectivity index (χ2v) is 2.70. The van der Waals surface area contributed by atoms with Crippen LogP contribution in [0.25, 0.3) is 0 Å². The van der Waals surface area contributed by atoms with Crippen LogP contribution in [0.1, 0.15) is 5.82 Å². The Bertz CT molecular complexity index is 239. The van der Waals surface area contributed by atoms with Crippen molar-refractivity contribution in [3.8, 4) is 0 Å². The summed E-state index contributed by atoms with van der Waals surface area (Å²) >= 11 is 0. The molecule has 0 aromatic carbocycles. The van der Waals surface area contributed by atoms with Crippen molar-refractivity contribution in [3.63, 3.8) is 0 Å².